The van der Waals surface area contributed by atoms with Gasteiger partial charge in [-0.2, -0.15) is 4.31 Å². The Morgan fingerprint density at radius 1 is 1.10 bits per heavy atom. The van der Waals surface area contributed by atoms with Gasteiger partial charge in [-0.1, -0.05) is 23.8 Å². The largest absolute Gasteiger partial charge is 0.455 e. The van der Waals surface area contributed by atoms with Crippen molar-refractivity contribution in [1.82, 2.24) is 4.31 Å². The molecule has 0 radical (unpaired) electrons. The van der Waals surface area contributed by atoms with E-state index in [1.54, 1.807) is 25.1 Å². The lowest BCUT2D eigenvalue weighted by atomic mass is 10.2. The molecule has 0 aromatic heterocycles. The summed E-state index contributed by atoms with van der Waals surface area (Å²) in [6, 6.07) is 10.4. The molecule has 1 N–H and O–H groups in total. The van der Waals surface area contributed by atoms with Crippen molar-refractivity contribution in [2.24, 2.45) is 0 Å². The predicted molar refractivity (Wildman–Crippen MR) is 108 cm³/mol. The summed E-state index contributed by atoms with van der Waals surface area (Å²) in [6.45, 7) is 2.16. The number of anilines is 1. The van der Waals surface area contributed by atoms with Crippen LogP contribution in [0.15, 0.2) is 47.4 Å². The molecule has 160 valence electrons. The van der Waals surface area contributed by atoms with E-state index in [0.717, 1.165) is 9.87 Å². The molecule has 2 aromatic rings. The molecule has 0 aliphatic carbocycles. The van der Waals surface area contributed by atoms with Crippen LogP contribution in [0.1, 0.15) is 11.1 Å². The minimum atomic E-state index is -3.90. The van der Waals surface area contributed by atoms with Gasteiger partial charge in [-0.25, -0.2) is 8.42 Å². The number of hydrogen-bond acceptors (Lipinski definition) is 7. The summed E-state index contributed by atoms with van der Waals surface area (Å²) < 4.78 is 30.5. The second-order valence-electron chi connectivity index (χ2n) is 6.56. The molecule has 0 fully saturated rings. The van der Waals surface area contributed by atoms with E-state index in [0.29, 0.717) is 5.56 Å². The fourth-order valence-electron chi connectivity index (χ4n) is 2.43. The Morgan fingerprint density at radius 2 is 1.70 bits per heavy atom. The number of nitro groups is 1. The standard InChI is InChI=1S/C19H21N3O7S/c1-13-4-7-15(8-5-13)30(27,28)21(3)11-19(24)29-12-18(23)20-16-9-6-14(2)10-17(16)22(25)26/h4-10H,11-12H2,1-3H3,(H,20,23). The van der Waals surface area contributed by atoms with Gasteiger partial charge in [0.05, 0.1) is 9.82 Å². The van der Waals surface area contributed by atoms with E-state index in [1.807, 2.05) is 6.92 Å². The number of nitrogens with zero attached hydrogens (tertiary/aromatic N) is 2. The first-order valence-electron chi connectivity index (χ1n) is 8.74. The highest BCUT2D eigenvalue weighted by Crippen LogP contribution is 2.25. The molecule has 0 atom stereocenters. The summed E-state index contributed by atoms with van der Waals surface area (Å²) in [4.78, 5) is 34.4. The van der Waals surface area contributed by atoms with Gasteiger partial charge in [0.1, 0.15) is 12.2 Å². The van der Waals surface area contributed by atoms with Crippen molar-refractivity contribution in [2.75, 3.05) is 25.5 Å². The maximum atomic E-state index is 12.5. The van der Waals surface area contributed by atoms with Crippen molar-refractivity contribution >= 4 is 33.3 Å². The van der Waals surface area contributed by atoms with Crippen LogP contribution in [0.25, 0.3) is 0 Å². The Balaban J connectivity index is 1.93. The zero-order valence-corrected chi connectivity index (χ0v) is 17.4. The Kier molecular flexibility index (Phi) is 7.24. The Morgan fingerprint density at radius 3 is 2.30 bits per heavy atom. The monoisotopic (exact) mass is 435 g/mol. The third kappa shape index (κ3) is 5.84. The number of aryl methyl sites for hydroxylation is 2. The third-order valence-electron chi connectivity index (χ3n) is 4.07. The number of benzene rings is 2. The Bertz CT molecular complexity index is 1070. The van der Waals surface area contributed by atoms with E-state index in [2.05, 4.69) is 5.32 Å². The van der Waals surface area contributed by atoms with Gasteiger partial charge in [0.2, 0.25) is 10.0 Å². The zero-order chi connectivity index (χ0) is 22.5. The van der Waals surface area contributed by atoms with Gasteiger partial charge < -0.3 is 10.1 Å². The molecule has 0 saturated carbocycles. The number of hydrogen-bond donors (Lipinski definition) is 1. The maximum absolute atomic E-state index is 12.5. The van der Waals surface area contributed by atoms with Crippen LogP contribution in [-0.2, 0) is 24.3 Å². The van der Waals surface area contributed by atoms with Crippen molar-refractivity contribution in [3.05, 3.63) is 63.7 Å². The van der Waals surface area contributed by atoms with Crippen LogP contribution in [0.5, 0.6) is 0 Å². The molecule has 30 heavy (non-hydrogen) atoms. The third-order valence-corrected chi connectivity index (χ3v) is 5.89. The van der Waals surface area contributed by atoms with E-state index in [9.17, 15) is 28.1 Å². The minimum Gasteiger partial charge on any atom is -0.455 e. The van der Waals surface area contributed by atoms with Gasteiger partial charge in [-0.3, -0.25) is 19.7 Å². The Labute approximate surface area is 173 Å². The lowest BCUT2D eigenvalue weighted by molar-refractivity contribution is -0.384. The minimum absolute atomic E-state index is 0.0211. The number of nitrogens with one attached hydrogen (secondary N) is 1. The molecule has 0 unspecified atom stereocenters. The summed E-state index contributed by atoms with van der Waals surface area (Å²) in [5, 5.41) is 13.4. The summed E-state index contributed by atoms with van der Waals surface area (Å²) in [5.41, 5.74) is 1.20. The van der Waals surface area contributed by atoms with Gasteiger partial charge in [0.15, 0.2) is 6.61 Å². The molecule has 2 aromatic carbocycles. The highest BCUT2D eigenvalue weighted by atomic mass is 32.2. The van der Waals surface area contributed by atoms with Gasteiger partial charge in [0, 0.05) is 13.1 Å². The number of rotatable bonds is 8. The molecule has 11 heteroatoms. The number of carbonyl (C=O) groups excluding carboxylic acids is 2. The van der Waals surface area contributed by atoms with Crippen LogP contribution in [0, 0.1) is 24.0 Å². The lowest BCUT2D eigenvalue weighted by Crippen LogP contribution is -2.34. The second-order valence-corrected chi connectivity index (χ2v) is 8.61. The first-order chi connectivity index (χ1) is 14.0. The molecule has 0 spiro atoms. The summed E-state index contributed by atoms with van der Waals surface area (Å²) in [5.74, 6) is -1.74. The number of amides is 1. The van der Waals surface area contributed by atoms with Crippen LogP contribution >= 0.6 is 0 Å². The molecule has 10 nitrogen and oxygen atoms in total. The number of likely N-dealkylation sites (N-methyl/N-ethyl adjacent to an activating group) is 1. The molecule has 0 aliphatic rings. The van der Waals surface area contributed by atoms with Crippen molar-refractivity contribution in [3.63, 3.8) is 0 Å². The van der Waals surface area contributed by atoms with E-state index in [-0.39, 0.29) is 16.3 Å². The van der Waals surface area contributed by atoms with Gasteiger partial charge >= 0.3 is 5.97 Å². The molecule has 0 aliphatic heterocycles. The topological polar surface area (TPSA) is 136 Å². The molecule has 1 amide bonds. The number of ether oxygens (including phenoxy) is 1. The number of carbonyl (C=O) groups is 2. The van der Waals surface area contributed by atoms with Crippen molar-refractivity contribution in [3.8, 4) is 0 Å². The van der Waals surface area contributed by atoms with Crippen LogP contribution < -0.4 is 5.32 Å². The number of esters is 1. The van der Waals surface area contributed by atoms with E-state index in [4.69, 9.17) is 4.74 Å². The van der Waals surface area contributed by atoms with Gasteiger partial charge in [-0.15, -0.1) is 0 Å². The summed E-state index contributed by atoms with van der Waals surface area (Å²) in [7, 11) is -2.69. The smallest absolute Gasteiger partial charge is 0.321 e. The SMILES string of the molecule is Cc1ccc(S(=O)(=O)N(C)CC(=O)OCC(=O)Nc2ccc(C)cc2[N+](=O)[O-])cc1. The van der Waals surface area contributed by atoms with Crippen molar-refractivity contribution in [1.29, 1.82) is 0 Å². The van der Waals surface area contributed by atoms with Crippen LogP contribution in [0.4, 0.5) is 11.4 Å². The summed E-state index contributed by atoms with van der Waals surface area (Å²) in [6.07, 6.45) is 0. The fourth-order valence-corrected chi connectivity index (χ4v) is 3.55. The predicted octanol–water partition coefficient (Wildman–Crippen LogP) is 2.01. The molecule has 0 bridgehead atoms. The highest BCUT2D eigenvalue weighted by Gasteiger charge is 2.24. The van der Waals surface area contributed by atoms with Crippen molar-refractivity contribution < 1.29 is 27.7 Å². The van der Waals surface area contributed by atoms with Crippen molar-refractivity contribution in [2.45, 2.75) is 18.7 Å². The molecular weight excluding hydrogens is 414 g/mol. The average molecular weight is 435 g/mol. The summed E-state index contributed by atoms with van der Waals surface area (Å²) >= 11 is 0. The first kappa shape index (κ1) is 23.0. The number of nitro benzene ring substituents is 1. The van der Waals surface area contributed by atoms with E-state index in [1.165, 1.54) is 31.3 Å². The lowest BCUT2D eigenvalue weighted by Gasteiger charge is -2.16. The first-order valence-corrected chi connectivity index (χ1v) is 10.2. The van der Waals surface area contributed by atoms with Gasteiger partial charge in [-0.05, 0) is 37.6 Å². The fraction of sp³-hybridized carbons (Fsp3) is 0.263. The highest BCUT2D eigenvalue weighted by molar-refractivity contribution is 7.89. The molecular formula is C19H21N3O7S. The molecule has 0 heterocycles. The normalized spacial score (nSPS) is 11.2. The average Bonchev–Trinajstić information content (AvgIpc) is 2.68. The Hall–Kier alpha value is -3.31. The van der Waals surface area contributed by atoms with Crippen LogP contribution in [-0.4, -0.2) is 49.7 Å². The van der Waals surface area contributed by atoms with Crippen LogP contribution in [0.3, 0.4) is 0 Å². The van der Waals surface area contributed by atoms with E-state index < -0.39 is 40.0 Å². The molecule has 0 saturated heterocycles. The van der Waals surface area contributed by atoms with Crippen LogP contribution in [0.2, 0.25) is 0 Å². The quantitative estimate of drug-likeness (QED) is 0.380. The number of sulfonamides is 1. The second kappa shape index (κ2) is 9.46. The zero-order valence-electron chi connectivity index (χ0n) is 16.6. The van der Waals surface area contributed by atoms with E-state index >= 15 is 0 Å². The molecule has 2 rings (SSSR count). The maximum Gasteiger partial charge on any atom is 0.321 e. The van der Waals surface area contributed by atoms with Gasteiger partial charge in [0.25, 0.3) is 11.6 Å².